The van der Waals surface area contributed by atoms with Gasteiger partial charge in [-0.1, -0.05) is 11.6 Å². The second-order valence-corrected chi connectivity index (χ2v) is 5.92. The minimum atomic E-state index is -0.430. The lowest BCUT2D eigenvalue weighted by molar-refractivity contribution is -0.384. The number of rotatable bonds is 4. The smallest absolute Gasteiger partial charge is 0.271 e. The van der Waals surface area contributed by atoms with Gasteiger partial charge in [-0.2, -0.15) is 0 Å². The van der Waals surface area contributed by atoms with Crippen LogP contribution in [0.4, 0.5) is 11.4 Å². The molecule has 6 nitrogen and oxygen atoms in total. The van der Waals surface area contributed by atoms with E-state index in [0.29, 0.717) is 11.6 Å². The maximum absolute atomic E-state index is 10.9. The predicted octanol–water partition coefficient (Wildman–Crippen LogP) is 3.61. The first kappa shape index (κ1) is 15.6. The molecule has 3 rings (SSSR count). The van der Waals surface area contributed by atoms with E-state index in [1.54, 1.807) is 18.5 Å². The SMILES string of the molecule is Cc1cc([N+](=O)[O-])cc(Cl)c1N1CCC(Oc2cccnc2)C1. The van der Waals surface area contributed by atoms with Gasteiger partial charge in [0.1, 0.15) is 11.9 Å². The van der Waals surface area contributed by atoms with Crippen LogP contribution in [0.25, 0.3) is 0 Å². The number of hydrogen-bond donors (Lipinski definition) is 0. The second kappa shape index (κ2) is 6.42. The molecule has 1 aromatic carbocycles. The average Bonchev–Trinajstić information content (AvgIpc) is 2.95. The molecule has 2 heterocycles. The third-order valence-corrected chi connectivity index (χ3v) is 4.14. The van der Waals surface area contributed by atoms with E-state index in [4.69, 9.17) is 16.3 Å². The third-order valence-electron chi connectivity index (χ3n) is 3.85. The van der Waals surface area contributed by atoms with Crippen molar-refractivity contribution in [1.82, 2.24) is 4.98 Å². The van der Waals surface area contributed by atoms with Crippen LogP contribution < -0.4 is 9.64 Å². The first-order valence-corrected chi connectivity index (χ1v) is 7.68. The van der Waals surface area contributed by atoms with Crippen LogP contribution in [0, 0.1) is 17.0 Å². The summed E-state index contributed by atoms with van der Waals surface area (Å²) in [4.78, 5) is 16.6. The van der Waals surface area contributed by atoms with Gasteiger partial charge in [0, 0.05) is 31.3 Å². The Morgan fingerprint density at radius 2 is 2.30 bits per heavy atom. The maximum atomic E-state index is 10.9. The molecule has 1 unspecified atom stereocenters. The van der Waals surface area contributed by atoms with Crippen molar-refractivity contribution in [3.63, 3.8) is 0 Å². The maximum Gasteiger partial charge on any atom is 0.271 e. The number of anilines is 1. The Morgan fingerprint density at radius 3 is 2.96 bits per heavy atom. The van der Waals surface area contributed by atoms with Gasteiger partial charge in [0.25, 0.3) is 5.69 Å². The summed E-state index contributed by atoms with van der Waals surface area (Å²) in [6.07, 6.45) is 4.30. The summed E-state index contributed by atoms with van der Waals surface area (Å²) >= 11 is 6.27. The van der Waals surface area contributed by atoms with Crippen molar-refractivity contribution in [2.75, 3.05) is 18.0 Å². The van der Waals surface area contributed by atoms with Gasteiger partial charge in [-0.25, -0.2) is 0 Å². The Labute approximate surface area is 138 Å². The molecule has 1 fully saturated rings. The van der Waals surface area contributed by atoms with Gasteiger partial charge < -0.3 is 9.64 Å². The van der Waals surface area contributed by atoms with E-state index in [0.717, 1.165) is 30.0 Å². The molecular formula is C16H16ClN3O3. The van der Waals surface area contributed by atoms with Crippen LogP contribution in [0.3, 0.4) is 0 Å². The average molecular weight is 334 g/mol. The molecule has 2 aromatic rings. The number of benzene rings is 1. The topological polar surface area (TPSA) is 68.5 Å². The highest BCUT2D eigenvalue weighted by Crippen LogP contribution is 2.36. The number of aryl methyl sites for hydroxylation is 1. The quantitative estimate of drug-likeness (QED) is 0.631. The molecule has 7 heteroatoms. The molecule has 0 radical (unpaired) electrons. The monoisotopic (exact) mass is 333 g/mol. The van der Waals surface area contributed by atoms with Crippen LogP contribution in [0.2, 0.25) is 5.02 Å². The van der Waals surface area contributed by atoms with E-state index in [-0.39, 0.29) is 11.8 Å². The van der Waals surface area contributed by atoms with Crippen molar-refractivity contribution in [3.05, 3.63) is 57.4 Å². The molecule has 0 amide bonds. The fourth-order valence-corrected chi connectivity index (χ4v) is 3.24. The minimum absolute atomic E-state index is 0.0126. The predicted molar refractivity (Wildman–Crippen MR) is 88.3 cm³/mol. The lowest BCUT2D eigenvalue weighted by Crippen LogP contribution is -2.25. The molecule has 1 aliphatic heterocycles. The van der Waals surface area contributed by atoms with Gasteiger partial charge in [0.2, 0.25) is 0 Å². The summed E-state index contributed by atoms with van der Waals surface area (Å²) in [5, 5.41) is 11.3. The molecule has 0 aliphatic carbocycles. The van der Waals surface area contributed by atoms with E-state index in [9.17, 15) is 10.1 Å². The number of nitro groups is 1. The largest absolute Gasteiger partial charge is 0.487 e. The first-order chi connectivity index (χ1) is 11.0. The van der Waals surface area contributed by atoms with E-state index in [1.165, 1.54) is 6.07 Å². The minimum Gasteiger partial charge on any atom is -0.487 e. The van der Waals surface area contributed by atoms with Crippen molar-refractivity contribution in [2.24, 2.45) is 0 Å². The number of nitrogens with zero attached hydrogens (tertiary/aromatic N) is 3. The lowest BCUT2D eigenvalue weighted by Gasteiger charge is -2.22. The van der Waals surface area contributed by atoms with E-state index >= 15 is 0 Å². The van der Waals surface area contributed by atoms with E-state index in [1.807, 2.05) is 19.1 Å². The molecule has 1 atom stereocenters. The first-order valence-electron chi connectivity index (χ1n) is 7.31. The van der Waals surface area contributed by atoms with Gasteiger partial charge >= 0.3 is 0 Å². The second-order valence-electron chi connectivity index (χ2n) is 5.51. The molecule has 23 heavy (non-hydrogen) atoms. The fourth-order valence-electron chi connectivity index (χ4n) is 2.86. The van der Waals surface area contributed by atoms with Crippen molar-refractivity contribution >= 4 is 23.0 Å². The van der Waals surface area contributed by atoms with Crippen LogP contribution in [0.1, 0.15) is 12.0 Å². The Kier molecular flexibility index (Phi) is 4.34. The van der Waals surface area contributed by atoms with Crippen LogP contribution in [0.15, 0.2) is 36.7 Å². The molecule has 1 aromatic heterocycles. The fraction of sp³-hybridized carbons (Fsp3) is 0.312. The van der Waals surface area contributed by atoms with Crippen molar-refractivity contribution in [1.29, 1.82) is 0 Å². The van der Waals surface area contributed by atoms with Crippen LogP contribution in [-0.2, 0) is 0 Å². The van der Waals surface area contributed by atoms with Gasteiger partial charge in [-0.3, -0.25) is 15.1 Å². The van der Waals surface area contributed by atoms with Crippen LogP contribution >= 0.6 is 11.6 Å². The number of pyridine rings is 1. The summed E-state index contributed by atoms with van der Waals surface area (Å²) in [5.74, 6) is 0.742. The molecule has 0 bridgehead atoms. The third kappa shape index (κ3) is 3.37. The summed E-state index contributed by atoms with van der Waals surface area (Å²) in [6.45, 7) is 3.32. The van der Waals surface area contributed by atoms with Gasteiger partial charge in [-0.05, 0) is 24.6 Å². The Balaban J connectivity index is 1.75. The summed E-state index contributed by atoms with van der Waals surface area (Å²) in [6, 6.07) is 6.66. The van der Waals surface area contributed by atoms with Crippen LogP contribution in [0.5, 0.6) is 5.75 Å². The van der Waals surface area contributed by atoms with Gasteiger partial charge in [-0.15, -0.1) is 0 Å². The molecule has 120 valence electrons. The van der Waals surface area contributed by atoms with Gasteiger partial charge in [0.15, 0.2) is 0 Å². The number of nitro benzene ring substituents is 1. The van der Waals surface area contributed by atoms with E-state index < -0.39 is 4.92 Å². The summed E-state index contributed by atoms with van der Waals surface area (Å²) in [7, 11) is 0. The Bertz CT molecular complexity index is 701. The number of halogens is 1. The number of non-ortho nitro benzene ring substituents is 1. The molecule has 1 aliphatic rings. The van der Waals surface area contributed by atoms with Gasteiger partial charge in [0.05, 0.1) is 28.4 Å². The highest BCUT2D eigenvalue weighted by molar-refractivity contribution is 6.33. The molecule has 0 N–H and O–H groups in total. The highest BCUT2D eigenvalue weighted by atomic mass is 35.5. The van der Waals surface area contributed by atoms with E-state index in [2.05, 4.69) is 9.88 Å². The Morgan fingerprint density at radius 1 is 1.48 bits per heavy atom. The summed E-state index contributed by atoms with van der Waals surface area (Å²) in [5.41, 5.74) is 1.65. The summed E-state index contributed by atoms with van der Waals surface area (Å²) < 4.78 is 5.91. The van der Waals surface area contributed by atoms with Crippen LogP contribution in [-0.4, -0.2) is 29.1 Å². The number of ether oxygens (including phenoxy) is 1. The number of hydrogen-bond acceptors (Lipinski definition) is 5. The standard InChI is InChI=1S/C16H16ClN3O3/c1-11-7-12(20(21)22)8-15(17)16(11)19-6-4-14(10-19)23-13-3-2-5-18-9-13/h2-3,5,7-9,14H,4,6,10H2,1H3. The molecule has 0 saturated carbocycles. The van der Waals surface area contributed by atoms with Crippen molar-refractivity contribution in [2.45, 2.75) is 19.4 Å². The number of aromatic nitrogens is 1. The zero-order chi connectivity index (χ0) is 16.4. The Hall–Kier alpha value is -2.34. The highest BCUT2D eigenvalue weighted by Gasteiger charge is 2.27. The zero-order valence-corrected chi connectivity index (χ0v) is 13.4. The molecule has 0 spiro atoms. The molecule has 1 saturated heterocycles. The molecular weight excluding hydrogens is 318 g/mol. The zero-order valence-electron chi connectivity index (χ0n) is 12.6. The normalized spacial score (nSPS) is 17.3. The van der Waals surface area contributed by atoms with Crippen molar-refractivity contribution in [3.8, 4) is 5.75 Å². The lowest BCUT2D eigenvalue weighted by atomic mass is 10.1. The van der Waals surface area contributed by atoms with Crippen molar-refractivity contribution < 1.29 is 9.66 Å².